The predicted molar refractivity (Wildman–Crippen MR) is 82.6 cm³/mol. The molecule has 112 valence electrons. The maximum Gasteiger partial charge on any atom is 0.240 e. The zero-order valence-corrected chi connectivity index (χ0v) is 12.8. The van der Waals surface area contributed by atoms with Crippen LogP contribution in [0.15, 0.2) is 47.4 Å². The van der Waals surface area contributed by atoms with Crippen molar-refractivity contribution in [3.8, 4) is 5.75 Å². The van der Waals surface area contributed by atoms with Crippen molar-refractivity contribution in [2.75, 3.05) is 12.8 Å². The summed E-state index contributed by atoms with van der Waals surface area (Å²) in [5.74, 6) is 0.642. The molecule has 0 aliphatic rings. The summed E-state index contributed by atoms with van der Waals surface area (Å²) < 4.78 is 32.3. The molecule has 0 aromatic heterocycles. The van der Waals surface area contributed by atoms with Gasteiger partial charge in [-0.2, -0.15) is 0 Å². The lowest BCUT2D eigenvalue weighted by atomic mass is 10.2. The zero-order chi connectivity index (χ0) is 15.5. The number of nitrogens with one attached hydrogen (secondary N) is 1. The molecule has 0 fully saturated rings. The average molecular weight is 306 g/mol. The fourth-order valence-electron chi connectivity index (χ4n) is 1.89. The SMILES string of the molecule is COc1ccccc1CNS(=O)(=O)c1ccc(C)c(N)c1. The molecule has 0 saturated heterocycles. The van der Waals surface area contributed by atoms with Crippen molar-refractivity contribution < 1.29 is 13.2 Å². The molecule has 2 aromatic carbocycles. The van der Waals surface area contributed by atoms with Crippen molar-refractivity contribution in [3.05, 3.63) is 53.6 Å². The molecule has 0 unspecified atom stereocenters. The molecule has 6 heteroatoms. The largest absolute Gasteiger partial charge is 0.496 e. The number of aryl methyl sites for hydroxylation is 1. The number of para-hydroxylation sites is 1. The highest BCUT2D eigenvalue weighted by molar-refractivity contribution is 7.89. The topological polar surface area (TPSA) is 81.4 Å². The van der Waals surface area contributed by atoms with E-state index in [1.54, 1.807) is 19.2 Å². The Morgan fingerprint density at radius 3 is 2.57 bits per heavy atom. The number of sulfonamides is 1. The zero-order valence-electron chi connectivity index (χ0n) is 12.0. The van der Waals surface area contributed by atoms with Gasteiger partial charge in [-0.15, -0.1) is 0 Å². The number of hydrogen-bond acceptors (Lipinski definition) is 4. The molecule has 0 radical (unpaired) electrons. The Hall–Kier alpha value is -2.05. The van der Waals surface area contributed by atoms with Crippen LogP contribution in [0.4, 0.5) is 5.69 Å². The molecule has 0 atom stereocenters. The standard InChI is InChI=1S/C15H18N2O3S/c1-11-7-8-13(9-14(11)16)21(18,19)17-10-12-5-3-4-6-15(12)20-2/h3-9,17H,10,16H2,1-2H3. The second-order valence-corrected chi connectivity index (χ2v) is 6.42. The first-order chi connectivity index (χ1) is 9.94. The quantitative estimate of drug-likeness (QED) is 0.829. The average Bonchev–Trinajstić information content (AvgIpc) is 2.48. The van der Waals surface area contributed by atoms with Gasteiger partial charge < -0.3 is 10.5 Å². The maximum atomic E-state index is 12.3. The Bertz CT molecular complexity index is 742. The van der Waals surface area contributed by atoms with Gasteiger partial charge in [0.25, 0.3) is 0 Å². The van der Waals surface area contributed by atoms with Gasteiger partial charge >= 0.3 is 0 Å². The molecule has 0 spiro atoms. The summed E-state index contributed by atoms with van der Waals surface area (Å²) in [5.41, 5.74) is 7.83. The van der Waals surface area contributed by atoms with Gasteiger partial charge in [0.2, 0.25) is 10.0 Å². The van der Waals surface area contributed by atoms with E-state index < -0.39 is 10.0 Å². The molecule has 2 rings (SSSR count). The molecule has 3 N–H and O–H groups in total. The number of methoxy groups -OCH3 is 1. The predicted octanol–water partition coefficient (Wildman–Crippen LogP) is 2.06. The first-order valence-electron chi connectivity index (χ1n) is 6.42. The van der Waals surface area contributed by atoms with Gasteiger partial charge in [-0.05, 0) is 30.7 Å². The number of ether oxygens (including phenoxy) is 1. The van der Waals surface area contributed by atoms with Gasteiger partial charge in [0, 0.05) is 17.8 Å². The molecule has 0 saturated carbocycles. The van der Waals surface area contributed by atoms with E-state index in [1.807, 2.05) is 25.1 Å². The Kier molecular flexibility index (Phi) is 4.50. The van der Waals surface area contributed by atoms with Crippen LogP contribution in [0.25, 0.3) is 0 Å². The molecule has 0 heterocycles. The Labute approximate surface area is 124 Å². The number of nitrogen functional groups attached to an aromatic ring is 1. The third-order valence-electron chi connectivity index (χ3n) is 3.21. The van der Waals surface area contributed by atoms with E-state index in [1.165, 1.54) is 12.1 Å². The van der Waals surface area contributed by atoms with Crippen LogP contribution in [0.1, 0.15) is 11.1 Å². The first kappa shape index (κ1) is 15.3. The molecule has 5 nitrogen and oxygen atoms in total. The van der Waals surface area contributed by atoms with E-state index in [4.69, 9.17) is 10.5 Å². The van der Waals surface area contributed by atoms with Crippen molar-refractivity contribution in [1.29, 1.82) is 0 Å². The van der Waals surface area contributed by atoms with Crippen molar-refractivity contribution in [3.63, 3.8) is 0 Å². The molecule has 0 amide bonds. The van der Waals surface area contributed by atoms with E-state index in [0.29, 0.717) is 11.4 Å². The van der Waals surface area contributed by atoms with E-state index >= 15 is 0 Å². The smallest absolute Gasteiger partial charge is 0.240 e. The molecule has 0 aliphatic carbocycles. The van der Waals surface area contributed by atoms with Crippen LogP contribution in [0.5, 0.6) is 5.75 Å². The fraction of sp³-hybridized carbons (Fsp3) is 0.200. The monoisotopic (exact) mass is 306 g/mol. The lowest BCUT2D eigenvalue weighted by molar-refractivity contribution is 0.409. The van der Waals surface area contributed by atoms with Crippen LogP contribution in [-0.2, 0) is 16.6 Å². The lowest BCUT2D eigenvalue weighted by Crippen LogP contribution is -2.23. The third-order valence-corrected chi connectivity index (χ3v) is 4.61. The van der Waals surface area contributed by atoms with Crippen LogP contribution >= 0.6 is 0 Å². The number of rotatable bonds is 5. The summed E-state index contributed by atoms with van der Waals surface area (Å²) in [6, 6.07) is 11.9. The van der Waals surface area contributed by atoms with E-state index in [-0.39, 0.29) is 11.4 Å². The molecular formula is C15H18N2O3S. The lowest BCUT2D eigenvalue weighted by Gasteiger charge is -2.11. The van der Waals surface area contributed by atoms with E-state index in [0.717, 1.165) is 11.1 Å². The summed E-state index contributed by atoms with van der Waals surface area (Å²) in [6.45, 7) is 1.98. The summed E-state index contributed by atoms with van der Waals surface area (Å²) in [7, 11) is -2.06. The Balaban J connectivity index is 2.20. The highest BCUT2D eigenvalue weighted by Gasteiger charge is 2.15. The number of benzene rings is 2. The summed E-state index contributed by atoms with van der Waals surface area (Å²) in [6.07, 6.45) is 0. The van der Waals surface area contributed by atoms with Crippen molar-refractivity contribution in [1.82, 2.24) is 4.72 Å². The number of nitrogens with two attached hydrogens (primary N) is 1. The van der Waals surface area contributed by atoms with Crippen LogP contribution in [0.2, 0.25) is 0 Å². The Morgan fingerprint density at radius 1 is 1.19 bits per heavy atom. The molecule has 2 aromatic rings. The van der Waals surface area contributed by atoms with Crippen molar-refractivity contribution in [2.24, 2.45) is 0 Å². The normalized spacial score (nSPS) is 11.3. The van der Waals surface area contributed by atoms with Gasteiger partial charge in [0.1, 0.15) is 5.75 Å². The Morgan fingerprint density at radius 2 is 1.90 bits per heavy atom. The maximum absolute atomic E-state index is 12.3. The van der Waals surface area contributed by atoms with Gasteiger partial charge in [-0.3, -0.25) is 0 Å². The minimum Gasteiger partial charge on any atom is -0.496 e. The van der Waals surface area contributed by atoms with Gasteiger partial charge in [-0.1, -0.05) is 24.3 Å². The molecule has 21 heavy (non-hydrogen) atoms. The molecular weight excluding hydrogens is 288 g/mol. The summed E-state index contributed by atoms with van der Waals surface area (Å²) in [4.78, 5) is 0.153. The summed E-state index contributed by atoms with van der Waals surface area (Å²) >= 11 is 0. The van der Waals surface area contributed by atoms with E-state index in [2.05, 4.69) is 4.72 Å². The van der Waals surface area contributed by atoms with Gasteiger partial charge in [0.05, 0.1) is 12.0 Å². The van der Waals surface area contributed by atoms with Crippen LogP contribution < -0.4 is 15.2 Å². The number of hydrogen-bond donors (Lipinski definition) is 2. The minimum absolute atomic E-state index is 0.153. The van der Waals surface area contributed by atoms with Gasteiger partial charge in [-0.25, -0.2) is 13.1 Å². The first-order valence-corrected chi connectivity index (χ1v) is 7.90. The highest BCUT2D eigenvalue weighted by Crippen LogP contribution is 2.20. The van der Waals surface area contributed by atoms with Crippen molar-refractivity contribution in [2.45, 2.75) is 18.4 Å². The van der Waals surface area contributed by atoms with E-state index in [9.17, 15) is 8.42 Å². The van der Waals surface area contributed by atoms with Crippen LogP contribution in [-0.4, -0.2) is 15.5 Å². The second kappa shape index (κ2) is 6.15. The number of anilines is 1. The minimum atomic E-state index is -3.61. The molecule has 0 bridgehead atoms. The van der Waals surface area contributed by atoms with Gasteiger partial charge in [0.15, 0.2) is 0 Å². The fourth-order valence-corrected chi connectivity index (χ4v) is 2.93. The molecule has 0 aliphatic heterocycles. The highest BCUT2D eigenvalue weighted by atomic mass is 32.2. The van der Waals surface area contributed by atoms with Crippen molar-refractivity contribution >= 4 is 15.7 Å². The summed E-state index contributed by atoms with van der Waals surface area (Å²) in [5, 5.41) is 0. The van der Waals surface area contributed by atoms with Crippen LogP contribution in [0.3, 0.4) is 0 Å². The van der Waals surface area contributed by atoms with Crippen LogP contribution in [0, 0.1) is 6.92 Å². The third kappa shape index (κ3) is 3.53. The second-order valence-electron chi connectivity index (χ2n) is 4.65.